The molecule has 0 saturated heterocycles. The van der Waals surface area contributed by atoms with Gasteiger partial charge in [0.25, 0.3) is 5.56 Å². The summed E-state index contributed by atoms with van der Waals surface area (Å²) in [5.41, 5.74) is -0.430. The number of pyridine rings is 2. The Kier molecular flexibility index (Phi) is 4.94. The third-order valence-corrected chi connectivity index (χ3v) is 4.65. The minimum Gasteiger partial charge on any atom is -0.328 e. The Hall–Kier alpha value is -3.75. The number of alkyl halides is 3. The lowest BCUT2D eigenvalue weighted by molar-refractivity contribution is -0.137. The summed E-state index contributed by atoms with van der Waals surface area (Å²) in [7, 11) is 0. The predicted molar refractivity (Wildman–Crippen MR) is 103 cm³/mol. The number of fused-ring (bicyclic) bond motifs is 1. The number of halogens is 3. The molecule has 9 heteroatoms. The highest BCUT2D eigenvalue weighted by Gasteiger charge is 2.30. The van der Waals surface area contributed by atoms with Gasteiger partial charge in [0.15, 0.2) is 5.82 Å². The topological polar surface area (TPSA) is 69.8 Å². The van der Waals surface area contributed by atoms with E-state index in [1.807, 2.05) is 0 Å². The third kappa shape index (κ3) is 3.86. The molecule has 2 aliphatic rings. The number of rotatable bonds is 4. The van der Waals surface area contributed by atoms with Crippen LogP contribution in [0.1, 0.15) is 16.7 Å². The molecule has 2 aliphatic heterocycles. The average Bonchev–Trinajstić information content (AvgIpc) is 2.72. The van der Waals surface area contributed by atoms with E-state index in [9.17, 15) is 22.8 Å². The Balaban J connectivity index is 1.71. The molecule has 0 saturated carbocycles. The second kappa shape index (κ2) is 7.58. The van der Waals surface area contributed by atoms with E-state index in [-0.39, 0.29) is 24.5 Å². The summed E-state index contributed by atoms with van der Waals surface area (Å²) in [5, 5.41) is 0. The van der Waals surface area contributed by atoms with Gasteiger partial charge < -0.3 is 4.57 Å². The molecule has 0 atom stereocenters. The number of hydrogen-bond acceptors (Lipinski definition) is 4. The maximum absolute atomic E-state index is 12.9. The number of hydrogen-bond donors (Lipinski definition) is 0. The molecule has 0 bridgehead atoms. The summed E-state index contributed by atoms with van der Waals surface area (Å²) in [5.74, 6) is 0.176. The first-order valence-corrected chi connectivity index (χ1v) is 8.98. The van der Waals surface area contributed by atoms with Crippen LogP contribution >= 0.6 is 0 Å². The van der Waals surface area contributed by atoms with Gasteiger partial charge in [0, 0.05) is 25.1 Å². The van der Waals surface area contributed by atoms with Gasteiger partial charge in [0.05, 0.1) is 17.7 Å². The second-order valence-corrected chi connectivity index (χ2v) is 6.72. The van der Waals surface area contributed by atoms with E-state index in [0.717, 1.165) is 16.7 Å². The molecule has 0 unspecified atom stereocenters. The van der Waals surface area contributed by atoms with Crippen LogP contribution in [0.2, 0.25) is 0 Å². The Morgan fingerprint density at radius 2 is 1.67 bits per heavy atom. The molecule has 0 spiro atoms. The van der Waals surface area contributed by atoms with Crippen LogP contribution in [0.4, 0.5) is 13.2 Å². The lowest BCUT2D eigenvalue weighted by Gasteiger charge is -2.15. The first-order chi connectivity index (χ1) is 14.3. The molecule has 1 aromatic heterocycles. The SMILES string of the molecule is O=c1nc2n(Cc3ccc(C(F)(F)F)cc3)cccc-2c(=O)n1Cc1cccnc1. The first kappa shape index (κ1) is 19.6. The molecule has 1 aromatic carbocycles. The number of aromatic nitrogens is 4. The molecular formula is C21H15F3N4O2. The van der Waals surface area contributed by atoms with E-state index >= 15 is 0 Å². The number of benzene rings is 1. The van der Waals surface area contributed by atoms with Gasteiger partial charge in [0.1, 0.15) is 0 Å². The highest BCUT2D eigenvalue weighted by molar-refractivity contribution is 5.54. The summed E-state index contributed by atoms with van der Waals surface area (Å²) >= 11 is 0. The van der Waals surface area contributed by atoms with E-state index in [1.165, 1.54) is 12.1 Å². The van der Waals surface area contributed by atoms with Crippen molar-refractivity contribution in [3.05, 3.63) is 105 Å². The van der Waals surface area contributed by atoms with Gasteiger partial charge in [-0.25, -0.2) is 4.79 Å². The zero-order chi connectivity index (χ0) is 21.3. The van der Waals surface area contributed by atoms with E-state index in [1.54, 1.807) is 47.4 Å². The molecule has 0 radical (unpaired) electrons. The van der Waals surface area contributed by atoms with Gasteiger partial charge in [-0.1, -0.05) is 18.2 Å². The maximum Gasteiger partial charge on any atom is 0.416 e. The van der Waals surface area contributed by atoms with Crippen LogP contribution in [0, 0.1) is 0 Å². The molecule has 6 nitrogen and oxygen atoms in total. The van der Waals surface area contributed by atoms with E-state index in [4.69, 9.17) is 0 Å². The molecular weight excluding hydrogens is 397 g/mol. The molecule has 0 aliphatic carbocycles. The van der Waals surface area contributed by atoms with Crippen molar-refractivity contribution in [2.45, 2.75) is 19.3 Å². The van der Waals surface area contributed by atoms with Crippen molar-refractivity contribution in [1.29, 1.82) is 0 Å². The molecule has 0 fully saturated rings. The largest absolute Gasteiger partial charge is 0.416 e. The summed E-state index contributed by atoms with van der Waals surface area (Å²) in [6, 6.07) is 11.4. The lowest BCUT2D eigenvalue weighted by atomic mass is 10.1. The van der Waals surface area contributed by atoms with Crippen molar-refractivity contribution in [1.82, 2.24) is 19.1 Å². The maximum atomic E-state index is 12.9. The normalized spacial score (nSPS) is 11.7. The predicted octanol–water partition coefficient (Wildman–Crippen LogP) is 3.02. The Morgan fingerprint density at radius 1 is 0.900 bits per heavy atom. The minimum absolute atomic E-state index is 0.0439. The fraction of sp³-hybridized carbons (Fsp3) is 0.143. The van der Waals surface area contributed by atoms with Gasteiger partial charge in [-0.2, -0.15) is 18.2 Å². The fourth-order valence-electron chi connectivity index (χ4n) is 3.15. The highest BCUT2D eigenvalue weighted by atomic mass is 19.4. The van der Waals surface area contributed by atoms with Gasteiger partial charge >= 0.3 is 11.9 Å². The molecule has 0 N–H and O–H groups in total. The van der Waals surface area contributed by atoms with E-state index in [2.05, 4.69) is 9.97 Å². The Morgan fingerprint density at radius 3 is 2.33 bits per heavy atom. The van der Waals surface area contributed by atoms with Crippen molar-refractivity contribution in [2.24, 2.45) is 0 Å². The summed E-state index contributed by atoms with van der Waals surface area (Å²) < 4.78 is 40.8. The van der Waals surface area contributed by atoms with Crippen LogP contribution in [0.5, 0.6) is 0 Å². The molecule has 0 amide bonds. The molecule has 4 rings (SSSR count). The van der Waals surface area contributed by atoms with Gasteiger partial charge in [-0.05, 0) is 41.5 Å². The quantitative estimate of drug-likeness (QED) is 0.517. The van der Waals surface area contributed by atoms with Crippen LogP contribution in [0.15, 0.2) is 76.7 Å². The van der Waals surface area contributed by atoms with Crippen molar-refractivity contribution in [3.8, 4) is 11.4 Å². The van der Waals surface area contributed by atoms with E-state index in [0.29, 0.717) is 11.1 Å². The molecule has 30 heavy (non-hydrogen) atoms. The van der Waals surface area contributed by atoms with Crippen molar-refractivity contribution in [2.75, 3.05) is 0 Å². The van der Waals surface area contributed by atoms with Crippen LogP contribution in [-0.4, -0.2) is 19.1 Å². The summed E-state index contributed by atoms with van der Waals surface area (Å²) in [4.78, 5) is 33.4. The van der Waals surface area contributed by atoms with Crippen molar-refractivity contribution >= 4 is 0 Å². The Labute approximate surface area is 168 Å². The standard InChI is InChI=1S/C21H15F3N4O2/c22-21(23,24)16-7-5-14(6-8-16)12-27-10-2-4-17-18(27)26-20(30)28(19(17)29)13-15-3-1-9-25-11-15/h1-11H,12-13H2. The second-order valence-electron chi connectivity index (χ2n) is 6.72. The minimum atomic E-state index is -4.41. The summed E-state index contributed by atoms with van der Waals surface area (Å²) in [6.07, 6.45) is 0.361. The average molecular weight is 412 g/mol. The van der Waals surface area contributed by atoms with Crippen molar-refractivity contribution < 1.29 is 13.2 Å². The molecule has 3 heterocycles. The zero-order valence-corrected chi connectivity index (χ0v) is 15.5. The smallest absolute Gasteiger partial charge is 0.328 e. The first-order valence-electron chi connectivity index (χ1n) is 8.98. The molecule has 2 aromatic rings. The van der Waals surface area contributed by atoms with Crippen LogP contribution in [0.3, 0.4) is 0 Å². The van der Waals surface area contributed by atoms with Gasteiger partial charge in [-0.15, -0.1) is 0 Å². The van der Waals surface area contributed by atoms with E-state index < -0.39 is 23.0 Å². The van der Waals surface area contributed by atoms with Crippen LogP contribution in [-0.2, 0) is 19.3 Å². The molecule has 152 valence electrons. The number of nitrogens with zero attached hydrogens (tertiary/aromatic N) is 4. The zero-order valence-electron chi connectivity index (χ0n) is 15.5. The monoisotopic (exact) mass is 412 g/mol. The van der Waals surface area contributed by atoms with Crippen LogP contribution in [0.25, 0.3) is 11.4 Å². The van der Waals surface area contributed by atoms with Crippen LogP contribution < -0.4 is 11.2 Å². The van der Waals surface area contributed by atoms with Crippen molar-refractivity contribution in [3.63, 3.8) is 0 Å². The highest BCUT2D eigenvalue weighted by Crippen LogP contribution is 2.29. The van der Waals surface area contributed by atoms with Gasteiger partial charge in [-0.3, -0.25) is 14.3 Å². The summed E-state index contributed by atoms with van der Waals surface area (Å²) in [6.45, 7) is 0.205. The third-order valence-electron chi connectivity index (χ3n) is 4.65. The van der Waals surface area contributed by atoms with Gasteiger partial charge in [0.2, 0.25) is 0 Å². The fourth-order valence-corrected chi connectivity index (χ4v) is 3.15. The Bertz CT molecular complexity index is 1260. The lowest BCUT2D eigenvalue weighted by Crippen LogP contribution is -2.38.